The van der Waals surface area contributed by atoms with Crippen molar-refractivity contribution in [1.82, 2.24) is 9.80 Å². The number of nitrogens with zero attached hydrogens (tertiary/aromatic N) is 2. The summed E-state index contributed by atoms with van der Waals surface area (Å²) in [5.41, 5.74) is 0. The number of unbranched alkanes of at least 4 members (excludes halogenated alkanes) is 1. The molecule has 0 N–H and O–H groups in total. The molecule has 0 atom stereocenters. The highest BCUT2D eigenvalue weighted by atomic mass is 28.4. The molecular weight excluding hydrogens is 260 g/mol. The van der Waals surface area contributed by atoms with Crippen molar-refractivity contribution in [1.29, 1.82) is 0 Å². The molecule has 6 heteroatoms. The Hall–Kier alpha value is -0.563. The van der Waals surface area contributed by atoms with Crippen molar-refractivity contribution in [2.45, 2.75) is 32.2 Å². The lowest BCUT2D eigenvalue weighted by Crippen LogP contribution is -2.43. The van der Waals surface area contributed by atoms with Crippen LogP contribution in [0.25, 0.3) is 0 Å². The summed E-state index contributed by atoms with van der Waals surface area (Å²) in [6, 6.07) is 0.857. The van der Waals surface area contributed by atoms with Crippen LogP contribution in [0.4, 0.5) is 0 Å². The van der Waals surface area contributed by atoms with Gasteiger partial charge >= 0.3 is 8.80 Å². The van der Waals surface area contributed by atoms with Crippen molar-refractivity contribution in [2.75, 3.05) is 41.1 Å². The molecule has 5 nitrogen and oxygen atoms in total. The molecule has 0 saturated carbocycles. The predicted octanol–water partition coefficient (Wildman–Crippen LogP) is 2.10. The van der Waals surface area contributed by atoms with Crippen LogP contribution in [0.1, 0.15) is 26.2 Å². The number of rotatable bonds is 10. The smallest absolute Gasteiger partial charge is 0.377 e. The Morgan fingerprint density at radius 3 is 1.95 bits per heavy atom. The van der Waals surface area contributed by atoms with Crippen LogP contribution in [0.3, 0.4) is 0 Å². The van der Waals surface area contributed by atoms with Gasteiger partial charge in [0, 0.05) is 52.9 Å². The SMILES string of the molecule is CCCCN1C=CN(CCC[Si](OC)(OC)OC)C1. The van der Waals surface area contributed by atoms with E-state index in [1.165, 1.54) is 12.8 Å². The first kappa shape index (κ1) is 16.5. The first-order valence-corrected chi connectivity index (χ1v) is 8.94. The van der Waals surface area contributed by atoms with E-state index in [2.05, 4.69) is 29.1 Å². The molecular formula is C13H28N2O3Si. The molecule has 1 aliphatic heterocycles. The Labute approximate surface area is 118 Å². The first-order valence-electron chi connectivity index (χ1n) is 7.01. The van der Waals surface area contributed by atoms with Gasteiger partial charge in [-0.05, 0) is 12.8 Å². The minimum atomic E-state index is -2.39. The molecule has 0 unspecified atom stereocenters. The van der Waals surface area contributed by atoms with Crippen molar-refractivity contribution < 1.29 is 13.3 Å². The van der Waals surface area contributed by atoms with Gasteiger partial charge in [-0.15, -0.1) is 0 Å². The van der Waals surface area contributed by atoms with E-state index >= 15 is 0 Å². The summed E-state index contributed by atoms with van der Waals surface area (Å²) < 4.78 is 16.3. The van der Waals surface area contributed by atoms with E-state index in [-0.39, 0.29) is 0 Å². The average Bonchev–Trinajstić information content (AvgIpc) is 2.90. The fraction of sp³-hybridized carbons (Fsp3) is 0.846. The van der Waals surface area contributed by atoms with Crippen LogP contribution < -0.4 is 0 Å². The third kappa shape index (κ3) is 5.14. The summed E-state index contributed by atoms with van der Waals surface area (Å²) in [6.45, 7) is 5.39. The highest BCUT2D eigenvalue weighted by molar-refractivity contribution is 6.60. The van der Waals surface area contributed by atoms with E-state index in [4.69, 9.17) is 13.3 Å². The molecule has 0 bridgehead atoms. The molecule has 0 aliphatic carbocycles. The normalized spacial score (nSPS) is 15.6. The monoisotopic (exact) mass is 288 g/mol. The molecule has 0 aromatic carbocycles. The lowest BCUT2D eigenvalue weighted by atomic mass is 10.3. The van der Waals surface area contributed by atoms with E-state index in [0.717, 1.165) is 32.2 Å². The summed E-state index contributed by atoms with van der Waals surface area (Å²) in [5.74, 6) is 0. The zero-order chi connectivity index (χ0) is 14.1. The van der Waals surface area contributed by atoms with E-state index in [1.807, 2.05) is 0 Å². The standard InChI is InChI=1S/C13H28N2O3Si/c1-5-6-8-14-10-11-15(13-14)9-7-12-19(16-2,17-3)18-4/h10-11H,5-9,12-13H2,1-4H3. The molecule has 0 radical (unpaired) electrons. The molecule has 0 aromatic rings. The zero-order valence-electron chi connectivity index (χ0n) is 12.7. The largest absolute Gasteiger partial charge is 0.500 e. The van der Waals surface area contributed by atoms with E-state index in [0.29, 0.717) is 0 Å². The van der Waals surface area contributed by atoms with Crippen LogP contribution >= 0.6 is 0 Å². The van der Waals surface area contributed by atoms with Crippen molar-refractivity contribution in [3.63, 3.8) is 0 Å². The fourth-order valence-corrected chi connectivity index (χ4v) is 3.93. The van der Waals surface area contributed by atoms with Crippen LogP contribution in [-0.4, -0.2) is 59.7 Å². The van der Waals surface area contributed by atoms with Crippen molar-refractivity contribution >= 4 is 8.80 Å². The van der Waals surface area contributed by atoms with Crippen LogP contribution in [0.15, 0.2) is 12.4 Å². The van der Waals surface area contributed by atoms with Gasteiger partial charge in [0.1, 0.15) is 0 Å². The Bertz CT molecular complexity index is 264. The second-order valence-electron chi connectivity index (χ2n) is 4.82. The lowest BCUT2D eigenvalue weighted by Gasteiger charge is -2.26. The van der Waals surface area contributed by atoms with Gasteiger partial charge in [-0.3, -0.25) is 0 Å². The molecule has 0 spiro atoms. The molecule has 1 rings (SSSR count). The van der Waals surface area contributed by atoms with Gasteiger partial charge in [0.25, 0.3) is 0 Å². The third-order valence-electron chi connectivity index (χ3n) is 3.51. The quantitative estimate of drug-likeness (QED) is 0.575. The second kappa shape index (κ2) is 8.58. The van der Waals surface area contributed by atoms with Crippen LogP contribution in [0.2, 0.25) is 6.04 Å². The maximum Gasteiger partial charge on any atom is 0.500 e. The van der Waals surface area contributed by atoms with E-state index < -0.39 is 8.80 Å². The minimum Gasteiger partial charge on any atom is -0.377 e. The number of hydrogen-bond donors (Lipinski definition) is 0. The van der Waals surface area contributed by atoms with Gasteiger partial charge in [-0.25, -0.2) is 0 Å². The Kier molecular flexibility index (Phi) is 7.44. The molecule has 0 amide bonds. The van der Waals surface area contributed by atoms with Gasteiger partial charge in [0.05, 0.1) is 6.67 Å². The lowest BCUT2D eigenvalue weighted by molar-refractivity contribution is 0.121. The second-order valence-corrected chi connectivity index (χ2v) is 7.91. The molecule has 112 valence electrons. The Morgan fingerprint density at radius 2 is 1.47 bits per heavy atom. The summed E-state index contributed by atoms with van der Waals surface area (Å²) >= 11 is 0. The highest BCUT2D eigenvalue weighted by Crippen LogP contribution is 2.16. The van der Waals surface area contributed by atoms with Crippen molar-refractivity contribution in [3.05, 3.63) is 12.4 Å². The molecule has 19 heavy (non-hydrogen) atoms. The minimum absolute atomic E-state index is 0.857. The van der Waals surface area contributed by atoms with Gasteiger partial charge in [-0.2, -0.15) is 0 Å². The molecule has 0 fully saturated rings. The average molecular weight is 288 g/mol. The Morgan fingerprint density at radius 1 is 0.947 bits per heavy atom. The molecule has 0 aromatic heterocycles. The Balaban J connectivity index is 2.22. The van der Waals surface area contributed by atoms with Gasteiger partial charge in [-0.1, -0.05) is 13.3 Å². The highest BCUT2D eigenvalue weighted by Gasteiger charge is 2.37. The summed E-state index contributed by atoms with van der Waals surface area (Å²) in [7, 11) is 2.61. The predicted molar refractivity (Wildman–Crippen MR) is 78.5 cm³/mol. The van der Waals surface area contributed by atoms with E-state index in [9.17, 15) is 0 Å². The maximum atomic E-state index is 5.42. The summed E-state index contributed by atoms with van der Waals surface area (Å²) in [6.07, 6.45) is 7.88. The van der Waals surface area contributed by atoms with Crippen LogP contribution in [0.5, 0.6) is 0 Å². The van der Waals surface area contributed by atoms with Crippen LogP contribution in [0, 0.1) is 0 Å². The first-order chi connectivity index (χ1) is 9.19. The van der Waals surface area contributed by atoms with Gasteiger partial charge in [0.2, 0.25) is 0 Å². The van der Waals surface area contributed by atoms with Gasteiger partial charge < -0.3 is 23.1 Å². The van der Waals surface area contributed by atoms with Crippen LogP contribution in [-0.2, 0) is 13.3 Å². The van der Waals surface area contributed by atoms with Crippen molar-refractivity contribution in [3.8, 4) is 0 Å². The zero-order valence-corrected chi connectivity index (χ0v) is 13.7. The van der Waals surface area contributed by atoms with E-state index in [1.54, 1.807) is 21.3 Å². The fourth-order valence-electron chi connectivity index (χ4n) is 2.22. The third-order valence-corrected chi connectivity index (χ3v) is 6.34. The van der Waals surface area contributed by atoms with Crippen molar-refractivity contribution in [2.24, 2.45) is 0 Å². The summed E-state index contributed by atoms with van der Waals surface area (Å²) in [4.78, 5) is 4.69. The van der Waals surface area contributed by atoms with Gasteiger partial charge in [0.15, 0.2) is 0 Å². The molecule has 0 saturated heterocycles. The topological polar surface area (TPSA) is 34.2 Å². The molecule has 1 aliphatic rings. The summed E-state index contributed by atoms with van der Waals surface area (Å²) in [5, 5.41) is 0. The number of hydrogen-bond acceptors (Lipinski definition) is 5. The molecule has 1 heterocycles. The maximum absolute atomic E-state index is 5.42.